The third kappa shape index (κ3) is 7.68. The van der Waals surface area contributed by atoms with Crippen molar-refractivity contribution < 1.29 is 22.4 Å². The van der Waals surface area contributed by atoms with Gasteiger partial charge in [0.2, 0.25) is 21.8 Å². The molecule has 180 valence electrons. The highest BCUT2D eigenvalue weighted by Gasteiger charge is 2.30. The van der Waals surface area contributed by atoms with Crippen molar-refractivity contribution in [3.8, 4) is 0 Å². The molecule has 0 saturated carbocycles. The van der Waals surface area contributed by atoms with Gasteiger partial charge in [-0.2, -0.15) is 0 Å². The lowest BCUT2D eigenvalue weighted by atomic mass is 10.1. The standard InChI is InChI=1S/C22H26BrClFN3O4S/c1-4-10-26-22(30)15(2)27(13-16-6-5-7-17(23)11-16)21(29)14-28(33(3,31)32)18-8-9-20(25)19(24)12-18/h5-9,11-12,15H,4,10,13-14H2,1-3H3,(H,26,30)/t15-/m1/s1. The molecule has 33 heavy (non-hydrogen) atoms. The molecule has 0 heterocycles. The Morgan fingerprint density at radius 3 is 2.48 bits per heavy atom. The zero-order chi connectivity index (χ0) is 24.8. The third-order valence-corrected chi connectivity index (χ3v) is 6.75. The van der Waals surface area contributed by atoms with Gasteiger partial charge in [-0.25, -0.2) is 12.8 Å². The molecule has 0 aliphatic carbocycles. The molecule has 2 aromatic carbocycles. The predicted molar refractivity (Wildman–Crippen MR) is 131 cm³/mol. The van der Waals surface area contributed by atoms with E-state index >= 15 is 0 Å². The predicted octanol–water partition coefficient (Wildman–Crippen LogP) is 3.95. The first kappa shape index (κ1) is 27.1. The van der Waals surface area contributed by atoms with Crippen LogP contribution in [0.4, 0.5) is 10.1 Å². The lowest BCUT2D eigenvalue weighted by Crippen LogP contribution is -2.51. The molecule has 0 aliphatic rings. The minimum absolute atomic E-state index is 0.0442. The molecule has 0 aliphatic heterocycles. The molecule has 0 radical (unpaired) electrons. The summed E-state index contributed by atoms with van der Waals surface area (Å²) >= 11 is 9.21. The zero-order valence-corrected chi connectivity index (χ0v) is 21.7. The normalized spacial score (nSPS) is 12.2. The zero-order valence-electron chi connectivity index (χ0n) is 18.5. The lowest BCUT2D eigenvalue weighted by molar-refractivity contribution is -0.139. The molecule has 0 bridgehead atoms. The molecule has 7 nitrogen and oxygen atoms in total. The maximum absolute atomic E-state index is 13.6. The fourth-order valence-corrected chi connectivity index (χ4v) is 4.53. The second-order valence-electron chi connectivity index (χ2n) is 7.49. The molecular weight excluding hydrogens is 537 g/mol. The van der Waals surface area contributed by atoms with Gasteiger partial charge >= 0.3 is 0 Å². The van der Waals surface area contributed by atoms with Gasteiger partial charge in [-0.15, -0.1) is 0 Å². The van der Waals surface area contributed by atoms with E-state index in [1.807, 2.05) is 19.1 Å². The Labute approximate surface area is 207 Å². The molecule has 0 fully saturated rings. The van der Waals surface area contributed by atoms with E-state index in [1.54, 1.807) is 19.1 Å². The Balaban J connectivity index is 2.39. The highest BCUT2D eigenvalue weighted by atomic mass is 79.9. The Bertz CT molecular complexity index is 1120. The molecule has 0 unspecified atom stereocenters. The Morgan fingerprint density at radius 2 is 1.91 bits per heavy atom. The van der Waals surface area contributed by atoms with E-state index in [0.717, 1.165) is 39.2 Å². The number of rotatable bonds is 10. The van der Waals surface area contributed by atoms with E-state index < -0.39 is 34.3 Å². The lowest BCUT2D eigenvalue weighted by Gasteiger charge is -2.31. The number of benzene rings is 2. The first-order chi connectivity index (χ1) is 15.4. The summed E-state index contributed by atoms with van der Waals surface area (Å²) in [6, 6.07) is 9.78. The van der Waals surface area contributed by atoms with Crippen molar-refractivity contribution in [3.63, 3.8) is 0 Å². The number of hydrogen-bond donors (Lipinski definition) is 1. The summed E-state index contributed by atoms with van der Waals surface area (Å²) in [4.78, 5) is 27.3. The van der Waals surface area contributed by atoms with Crippen LogP contribution in [0.1, 0.15) is 25.8 Å². The Morgan fingerprint density at radius 1 is 1.21 bits per heavy atom. The first-order valence-electron chi connectivity index (χ1n) is 10.2. The number of nitrogens with one attached hydrogen (secondary N) is 1. The summed E-state index contributed by atoms with van der Waals surface area (Å²) in [7, 11) is -3.92. The van der Waals surface area contributed by atoms with Gasteiger partial charge in [0, 0.05) is 17.6 Å². The molecule has 0 spiro atoms. The van der Waals surface area contributed by atoms with Gasteiger partial charge in [0.1, 0.15) is 18.4 Å². The fraction of sp³-hybridized carbons (Fsp3) is 0.364. The van der Waals surface area contributed by atoms with Gasteiger partial charge < -0.3 is 10.2 Å². The Kier molecular flexibility index (Phi) is 9.69. The van der Waals surface area contributed by atoms with E-state index in [2.05, 4.69) is 21.2 Å². The highest BCUT2D eigenvalue weighted by molar-refractivity contribution is 9.10. The smallest absolute Gasteiger partial charge is 0.244 e. The second-order valence-corrected chi connectivity index (χ2v) is 10.7. The van der Waals surface area contributed by atoms with E-state index in [0.29, 0.717) is 6.54 Å². The Hall–Kier alpha value is -2.17. The monoisotopic (exact) mass is 561 g/mol. The molecule has 0 aromatic heterocycles. The van der Waals surface area contributed by atoms with Crippen molar-refractivity contribution in [1.82, 2.24) is 10.2 Å². The summed E-state index contributed by atoms with van der Waals surface area (Å²) in [5.41, 5.74) is 0.798. The van der Waals surface area contributed by atoms with Crippen LogP contribution in [0.2, 0.25) is 5.02 Å². The van der Waals surface area contributed by atoms with Gasteiger partial charge in [0.15, 0.2) is 0 Å². The minimum atomic E-state index is -3.92. The van der Waals surface area contributed by atoms with Crippen LogP contribution in [0.15, 0.2) is 46.9 Å². The van der Waals surface area contributed by atoms with Gasteiger partial charge in [-0.1, -0.05) is 46.6 Å². The van der Waals surface area contributed by atoms with E-state index in [1.165, 1.54) is 11.0 Å². The first-order valence-corrected chi connectivity index (χ1v) is 13.2. The number of carbonyl (C=O) groups is 2. The largest absolute Gasteiger partial charge is 0.354 e. The third-order valence-electron chi connectivity index (χ3n) is 4.83. The van der Waals surface area contributed by atoms with E-state index in [-0.39, 0.29) is 23.2 Å². The summed E-state index contributed by atoms with van der Waals surface area (Å²) in [6.45, 7) is 3.44. The molecule has 2 rings (SSSR count). The molecule has 2 amide bonds. The number of sulfonamides is 1. The van der Waals surface area contributed by atoms with Crippen molar-refractivity contribution >= 4 is 55.1 Å². The van der Waals surface area contributed by atoms with Crippen molar-refractivity contribution in [2.75, 3.05) is 23.7 Å². The van der Waals surface area contributed by atoms with Crippen LogP contribution in [0, 0.1) is 5.82 Å². The summed E-state index contributed by atoms with van der Waals surface area (Å²) in [5.74, 6) is -1.66. The maximum Gasteiger partial charge on any atom is 0.244 e. The van der Waals surface area contributed by atoms with Crippen molar-refractivity contribution in [1.29, 1.82) is 0 Å². The minimum Gasteiger partial charge on any atom is -0.354 e. The molecule has 1 N–H and O–H groups in total. The van der Waals surface area contributed by atoms with Crippen LogP contribution in [0.25, 0.3) is 0 Å². The van der Waals surface area contributed by atoms with Crippen LogP contribution < -0.4 is 9.62 Å². The van der Waals surface area contributed by atoms with Crippen LogP contribution in [-0.4, -0.2) is 50.5 Å². The summed E-state index contributed by atoms with van der Waals surface area (Å²) in [5, 5.41) is 2.49. The molecule has 2 aromatic rings. The van der Waals surface area contributed by atoms with Crippen LogP contribution in [0.5, 0.6) is 0 Å². The number of nitrogens with zero attached hydrogens (tertiary/aromatic N) is 2. The highest BCUT2D eigenvalue weighted by Crippen LogP contribution is 2.25. The summed E-state index contributed by atoms with van der Waals surface area (Å²) in [6.07, 6.45) is 1.67. The summed E-state index contributed by atoms with van der Waals surface area (Å²) < 4.78 is 40.2. The maximum atomic E-state index is 13.6. The van der Waals surface area contributed by atoms with E-state index in [4.69, 9.17) is 11.6 Å². The topological polar surface area (TPSA) is 86.8 Å². The van der Waals surface area contributed by atoms with Crippen molar-refractivity contribution in [2.45, 2.75) is 32.9 Å². The van der Waals surface area contributed by atoms with Crippen LogP contribution in [0.3, 0.4) is 0 Å². The fourth-order valence-electron chi connectivity index (χ4n) is 3.06. The number of carbonyl (C=O) groups excluding carboxylic acids is 2. The van der Waals surface area contributed by atoms with Gasteiger partial charge in [0.05, 0.1) is 17.0 Å². The van der Waals surface area contributed by atoms with Gasteiger partial charge in [0.25, 0.3) is 0 Å². The van der Waals surface area contributed by atoms with Crippen molar-refractivity contribution in [3.05, 3.63) is 63.3 Å². The average Bonchev–Trinajstić information content (AvgIpc) is 2.74. The van der Waals surface area contributed by atoms with E-state index in [9.17, 15) is 22.4 Å². The SMILES string of the molecule is CCCNC(=O)[C@@H](C)N(Cc1cccc(Br)c1)C(=O)CN(c1ccc(F)c(Cl)c1)S(C)(=O)=O. The molecule has 0 saturated heterocycles. The molecule has 11 heteroatoms. The average molecular weight is 563 g/mol. The quantitative estimate of drug-likeness (QED) is 0.475. The number of anilines is 1. The van der Waals surface area contributed by atoms with Crippen LogP contribution in [-0.2, 0) is 26.2 Å². The molecule has 1 atom stereocenters. The molecular formula is C22H26BrClFN3O4S. The van der Waals surface area contributed by atoms with Crippen molar-refractivity contribution in [2.24, 2.45) is 0 Å². The number of halogens is 3. The number of hydrogen-bond acceptors (Lipinski definition) is 4. The number of amides is 2. The van der Waals surface area contributed by atoms with Gasteiger partial charge in [-0.3, -0.25) is 13.9 Å². The van der Waals surface area contributed by atoms with Gasteiger partial charge in [-0.05, 0) is 49.2 Å². The van der Waals surface area contributed by atoms with Crippen LogP contribution >= 0.6 is 27.5 Å². The second kappa shape index (κ2) is 11.8.